The zero-order chi connectivity index (χ0) is 21.4. The SMILES string of the molecule is COc1ccc(CCNC(=NCCc2ccco2)NC2CCOC3(CCSC3)C2)cc1.I. The summed E-state index contributed by atoms with van der Waals surface area (Å²) in [6.07, 6.45) is 6.67. The quantitative estimate of drug-likeness (QED) is 0.280. The Morgan fingerprint density at radius 1 is 1.25 bits per heavy atom. The molecule has 2 fully saturated rings. The van der Waals surface area contributed by atoms with Crippen molar-refractivity contribution < 1.29 is 13.9 Å². The fourth-order valence-electron chi connectivity index (χ4n) is 4.21. The van der Waals surface area contributed by atoms with Crippen LogP contribution in [0.1, 0.15) is 30.6 Å². The number of guanidine groups is 1. The third kappa shape index (κ3) is 7.31. The van der Waals surface area contributed by atoms with Gasteiger partial charge in [-0.3, -0.25) is 4.99 Å². The van der Waals surface area contributed by atoms with Crippen molar-refractivity contribution in [2.75, 3.05) is 38.3 Å². The van der Waals surface area contributed by atoms with Gasteiger partial charge in [0.05, 0.1) is 19.0 Å². The Morgan fingerprint density at radius 2 is 2.12 bits per heavy atom. The van der Waals surface area contributed by atoms with Gasteiger partial charge in [-0.25, -0.2) is 0 Å². The molecule has 1 spiro atoms. The minimum Gasteiger partial charge on any atom is -0.497 e. The number of nitrogens with zero attached hydrogens (tertiary/aromatic N) is 1. The molecule has 1 aromatic carbocycles. The highest BCUT2D eigenvalue weighted by Gasteiger charge is 2.40. The zero-order valence-corrected chi connectivity index (χ0v) is 21.8. The molecule has 2 saturated heterocycles. The molecule has 32 heavy (non-hydrogen) atoms. The Labute approximate surface area is 212 Å². The van der Waals surface area contributed by atoms with Crippen LogP contribution < -0.4 is 15.4 Å². The summed E-state index contributed by atoms with van der Waals surface area (Å²) in [7, 11) is 1.69. The Hall–Kier alpha value is -1.39. The number of benzene rings is 1. The minimum atomic E-state index is 0. The summed E-state index contributed by atoms with van der Waals surface area (Å²) in [6, 6.07) is 12.6. The molecule has 0 bridgehead atoms. The largest absolute Gasteiger partial charge is 0.497 e. The topological polar surface area (TPSA) is 68.0 Å². The van der Waals surface area contributed by atoms with Crippen molar-refractivity contribution in [2.45, 2.75) is 43.7 Å². The predicted octanol–water partition coefficient (Wildman–Crippen LogP) is 4.28. The van der Waals surface area contributed by atoms with E-state index >= 15 is 0 Å². The predicted molar refractivity (Wildman–Crippen MR) is 142 cm³/mol. The van der Waals surface area contributed by atoms with Crippen LogP contribution in [-0.4, -0.2) is 55.9 Å². The Kier molecular flexibility index (Phi) is 10.1. The Bertz CT molecular complexity index is 824. The minimum absolute atomic E-state index is 0. The Morgan fingerprint density at radius 3 is 2.84 bits per heavy atom. The number of aliphatic imine (C=N–C) groups is 1. The van der Waals surface area contributed by atoms with Crippen LogP contribution in [0.4, 0.5) is 0 Å². The molecule has 2 aliphatic rings. The molecule has 8 heteroatoms. The molecule has 0 amide bonds. The van der Waals surface area contributed by atoms with Gasteiger partial charge in [-0.2, -0.15) is 11.8 Å². The van der Waals surface area contributed by atoms with Gasteiger partial charge in [0.25, 0.3) is 0 Å². The van der Waals surface area contributed by atoms with Gasteiger partial charge in [0.1, 0.15) is 11.5 Å². The number of methoxy groups -OCH3 is 1. The van der Waals surface area contributed by atoms with E-state index in [0.29, 0.717) is 12.6 Å². The van der Waals surface area contributed by atoms with E-state index in [0.717, 1.165) is 68.5 Å². The van der Waals surface area contributed by atoms with Gasteiger partial charge < -0.3 is 24.5 Å². The number of rotatable bonds is 8. The van der Waals surface area contributed by atoms with E-state index in [9.17, 15) is 0 Å². The maximum Gasteiger partial charge on any atom is 0.191 e. The first kappa shape index (κ1) is 25.2. The van der Waals surface area contributed by atoms with E-state index < -0.39 is 0 Å². The molecular formula is C24H34IN3O3S. The molecule has 2 unspecified atom stereocenters. The summed E-state index contributed by atoms with van der Waals surface area (Å²) >= 11 is 2.01. The van der Waals surface area contributed by atoms with E-state index in [1.807, 2.05) is 36.0 Å². The Balaban J connectivity index is 0.00000289. The summed E-state index contributed by atoms with van der Waals surface area (Å²) in [5.41, 5.74) is 1.33. The van der Waals surface area contributed by atoms with E-state index in [1.165, 1.54) is 11.3 Å². The number of thioether (sulfide) groups is 1. The van der Waals surface area contributed by atoms with Crippen molar-refractivity contribution in [1.82, 2.24) is 10.6 Å². The van der Waals surface area contributed by atoms with Gasteiger partial charge in [0, 0.05) is 37.9 Å². The number of furan rings is 1. The molecule has 1 aromatic heterocycles. The van der Waals surface area contributed by atoms with Crippen LogP contribution in [-0.2, 0) is 17.6 Å². The lowest BCUT2D eigenvalue weighted by Gasteiger charge is -2.38. The monoisotopic (exact) mass is 571 g/mol. The smallest absolute Gasteiger partial charge is 0.191 e. The van der Waals surface area contributed by atoms with Gasteiger partial charge in [0.15, 0.2) is 5.96 Å². The van der Waals surface area contributed by atoms with Crippen LogP contribution in [0.15, 0.2) is 52.1 Å². The molecule has 4 rings (SSSR count). The number of hydrogen-bond acceptors (Lipinski definition) is 5. The second-order valence-corrected chi connectivity index (χ2v) is 9.36. The van der Waals surface area contributed by atoms with E-state index in [-0.39, 0.29) is 29.6 Å². The molecule has 2 atom stereocenters. The first-order valence-corrected chi connectivity index (χ1v) is 12.3. The number of ether oxygens (including phenoxy) is 2. The second-order valence-electron chi connectivity index (χ2n) is 8.25. The van der Waals surface area contributed by atoms with Gasteiger partial charge in [-0.05, 0) is 61.3 Å². The number of hydrogen-bond donors (Lipinski definition) is 2. The average Bonchev–Trinajstić information content (AvgIpc) is 3.47. The molecule has 0 saturated carbocycles. The van der Waals surface area contributed by atoms with E-state index in [4.69, 9.17) is 18.9 Å². The van der Waals surface area contributed by atoms with Crippen molar-refractivity contribution in [3.8, 4) is 5.75 Å². The lowest BCUT2D eigenvalue weighted by Crippen LogP contribution is -2.51. The van der Waals surface area contributed by atoms with Crippen LogP contribution in [0.2, 0.25) is 0 Å². The standard InChI is InChI=1S/C24H33N3O3S.HI/c1-28-21-6-4-19(5-7-21)8-12-25-23(26-13-9-22-3-2-14-29-22)27-20-10-15-30-24(17-20)11-16-31-18-24;/h2-7,14,20H,8-13,15-18H2,1H3,(H2,25,26,27);1H. The van der Waals surface area contributed by atoms with Crippen LogP contribution in [0.5, 0.6) is 5.75 Å². The van der Waals surface area contributed by atoms with Crippen LogP contribution in [0.25, 0.3) is 0 Å². The van der Waals surface area contributed by atoms with Crippen molar-refractivity contribution in [3.63, 3.8) is 0 Å². The molecule has 0 radical (unpaired) electrons. The third-order valence-corrected chi connectivity index (χ3v) is 7.20. The normalized spacial score (nSPS) is 23.0. The zero-order valence-electron chi connectivity index (χ0n) is 18.7. The third-order valence-electron chi connectivity index (χ3n) is 5.97. The van der Waals surface area contributed by atoms with E-state index in [2.05, 4.69) is 22.8 Å². The second kappa shape index (κ2) is 12.7. The summed E-state index contributed by atoms with van der Waals surface area (Å²) in [5.74, 6) is 5.05. The van der Waals surface area contributed by atoms with Gasteiger partial charge in [-0.15, -0.1) is 24.0 Å². The van der Waals surface area contributed by atoms with Crippen LogP contribution in [0.3, 0.4) is 0 Å². The van der Waals surface area contributed by atoms with Crippen molar-refractivity contribution in [3.05, 3.63) is 54.0 Å². The van der Waals surface area contributed by atoms with Crippen LogP contribution >= 0.6 is 35.7 Å². The fourth-order valence-corrected chi connectivity index (χ4v) is 5.59. The maximum atomic E-state index is 6.18. The van der Waals surface area contributed by atoms with Gasteiger partial charge >= 0.3 is 0 Å². The summed E-state index contributed by atoms with van der Waals surface area (Å²) in [6.45, 7) is 2.34. The molecule has 3 heterocycles. The van der Waals surface area contributed by atoms with Gasteiger partial charge in [0.2, 0.25) is 0 Å². The summed E-state index contributed by atoms with van der Waals surface area (Å²) in [5, 5.41) is 7.22. The molecule has 6 nitrogen and oxygen atoms in total. The van der Waals surface area contributed by atoms with Crippen molar-refractivity contribution in [1.29, 1.82) is 0 Å². The van der Waals surface area contributed by atoms with E-state index in [1.54, 1.807) is 13.4 Å². The lowest BCUT2D eigenvalue weighted by atomic mass is 9.90. The molecular weight excluding hydrogens is 537 g/mol. The highest BCUT2D eigenvalue weighted by molar-refractivity contribution is 14.0. The molecule has 176 valence electrons. The first-order chi connectivity index (χ1) is 15.2. The molecule has 2 aliphatic heterocycles. The van der Waals surface area contributed by atoms with Crippen molar-refractivity contribution in [2.24, 2.45) is 4.99 Å². The highest BCUT2D eigenvalue weighted by atomic mass is 127. The summed E-state index contributed by atoms with van der Waals surface area (Å²) in [4.78, 5) is 4.83. The number of nitrogens with one attached hydrogen (secondary N) is 2. The first-order valence-electron chi connectivity index (χ1n) is 11.2. The lowest BCUT2D eigenvalue weighted by molar-refractivity contribution is -0.0679. The molecule has 0 aliphatic carbocycles. The average molecular weight is 572 g/mol. The number of halogens is 1. The molecule has 2 aromatic rings. The van der Waals surface area contributed by atoms with Crippen molar-refractivity contribution >= 4 is 41.7 Å². The summed E-state index contributed by atoms with van der Waals surface area (Å²) < 4.78 is 16.9. The molecule has 2 N–H and O–H groups in total. The maximum absolute atomic E-state index is 6.18. The highest BCUT2D eigenvalue weighted by Crippen LogP contribution is 2.38. The van der Waals surface area contributed by atoms with Crippen LogP contribution in [0, 0.1) is 0 Å². The van der Waals surface area contributed by atoms with Gasteiger partial charge in [-0.1, -0.05) is 12.1 Å². The fraction of sp³-hybridized carbons (Fsp3) is 0.542.